The highest BCUT2D eigenvalue weighted by molar-refractivity contribution is 7.99. The number of nitrogens with zero attached hydrogens (tertiary/aromatic N) is 3. The molecule has 1 aliphatic rings. The molecule has 2 N–H and O–H groups in total. The Morgan fingerprint density at radius 1 is 1.30 bits per heavy atom. The zero-order valence-corrected chi connectivity index (χ0v) is 12.6. The third kappa shape index (κ3) is 2.73. The standard InChI is InChI=1S/C13H16ClFN4S/c14-9-7-12-11(8-10(9)15)17-13(16)19(12)2-1-18-3-5-20-6-4-18/h7-8H,1-6H2,(H2,16,17). The van der Waals surface area contributed by atoms with Crippen LogP contribution in [0.15, 0.2) is 12.1 Å². The first-order chi connectivity index (χ1) is 9.65. The van der Waals surface area contributed by atoms with E-state index in [9.17, 15) is 4.39 Å². The van der Waals surface area contributed by atoms with Crippen LogP contribution in [0.1, 0.15) is 0 Å². The minimum Gasteiger partial charge on any atom is -0.369 e. The second kappa shape index (κ2) is 5.79. The molecule has 1 saturated heterocycles. The molecule has 0 saturated carbocycles. The van der Waals surface area contributed by atoms with Gasteiger partial charge in [-0.1, -0.05) is 11.6 Å². The van der Waals surface area contributed by atoms with E-state index in [2.05, 4.69) is 9.88 Å². The van der Waals surface area contributed by atoms with E-state index < -0.39 is 5.82 Å². The van der Waals surface area contributed by atoms with Crippen molar-refractivity contribution >= 4 is 40.3 Å². The van der Waals surface area contributed by atoms with Crippen molar-refractivity contribution in [2.75, 3.05) is 36.9 Å². The Labute approximate surface area is 126 Å². The fourth-order valence-corrected chi connectivity index (χ4v) is 3.58. The average Bonchev–Trinajstić information content (AvgIpc) is 2.73. The second-order valence-corrected chi connectivity index (χ2v) is 6.46. The van der Waals surface area contributed by atoms with Crippen molar-refractivity contribution in [2.45, 2.75) is 6.54 Å². The van der Waals surface area contributed by atoms with E-state index in [0.717, 1.165) is 31.7 Å². The molecule has 0 spiro atoms. The number of aromatic nitrogens is 2. The Hall–Kier alpha value is -0.980. The average molecular weight is 315 g/mol. The highest BCUT2D eigenvalue weighted by Crippen LogP contribution is 2.24. The molecular weight excluding hydrogens is 299 g/mol. The van der Waals surface area contributed by atoms with Crippen LogP contribution in [0.5, 0.6) is 0 Å². The lowest BCUT2D eigenvalue weighted by atomic mass is 10.3. The van der Waals surface area contributed by atoms with Gasteiger partial charge in [0, 0.05) is 43.8 Å². The predicted molar refractivity (Wildman–Crippen MR) is 82.9 cm³/mol. The van der Waals surface area contributed by atoms with Crippen LogP contribution in [0.3, 0.4) is 0 Å². The smallest absolute Gasteiger partial charge is 0.201 e. The van der Waals surface area contributed by atoms with Crippen LogP contribution < -0.4 is 5.73 Å². The second-order valence-electron chi connectivity index (χ2n) is 4.83. The van der Waals surface area contributed by atoms with E-state index >= 15 is 0 Å². The number of thioether (sulfide) groups is 1. The van der Waals surface area contributed by atoms with Gasteiger partial charge in [-0.2, -0.15) is 11.8 Å². The Kier molecular flexibility index (Phi) is 4.05. The lowest BCUT2D eigenvalue weighted by Crippen LogP contribution is -2.35. The minimum atomic E-state index is -0.461. The molecule has 1 fully saturated rings. The van der Waals surface area contributed by atoms with Gasteiger partial charge in [-0.15, -0.1) is 0 Å². The number of benzene rings is 1. The summed E-state index contributed by atoms with van der Waals surface area (Å²) < 4.78 is 15.3. The van der Waals surface area contributed by atoms with Gasteiger partial charge in [0.25, 0.3) is 0 Å². The fourth-order valence-electron chi connectivity index (χ4n) is 2.44. The quantitative estimate of drug-likeness (QED) is 0.945. The molecule has 0 bridgehead atoms. The van der Waals surface area contributed by atoms with E-state index in [0.29, 0.717) is 11.5 Å². The summed E-state index contributed by atoms with van der Waals surface area (Å²) in [6, 6.07) is 2.93. The maximum Gasteiger partial charge on any atom is 0.201 e. The van der Waals surface area contributed by atoms with Crippen LogP contribution in [0.2, 0.25) is 5.02 Å². The van der Waals surface area contributed by atoms with Gasteiger partial charge in [-0.25, -0.2) is 9.37 Å². The molecule has 0 atom stereocenters. The lowest BCUT2D eigenvalue weighted by Gasteiger charge is -2.26. The maximum atomic E-state index is 13.4. The molecule has 20 heavy (non-hydrogen) atoms. The normalized spacial score (nSPS) is 16.9. The number of nitrogen functional groups attached to an aromatic ring is 1. The van der Waals surface area contributed by atoms with Crippen molar-refractivity contribution in [3.05, 3.63) is 23.0 Å². The molecule has 2 heterocycles. The molecule has 0 amide bonds. The Balaban J connectivity index is 1.83. The van der Waals surface area contributed by atoms with Crippen molar-refractivity contribution in [1.29, 1.82) is 0 Å². The molecule has 3 rings (SSSR count). The van der Waals surface area contributed by atoms with E-state index in [-0.39, 0.29) is 5.02 Å². The summed E-state index contributed by atoms with van der Waals surface area (Å²) in [6.45, 7) is 3.87. The zero-order chi connectivity index (χ0) is 14.1. The zero-order valence-electron chi connectivity index (χ0n) is 11.0. The monoisotopic (exact) mass is 314 g/mol. The number of hydrogen-bond acceptors (Lipinski definition) is 4. The third-order valence-electron chi connectivity index (χ3n) is 3.56. The molecule has 108 valence electrons. The highest BCUT2D eigenvalue weighted by Gasteiger charge is 2.14. The molecule has 7 heteroatoms. The summed E-state index contributed by atoms with van der Waals surface area (Å²) in [6.07, 6.45) is 0. The van der Waals surface area contributed by atoms with Crippen LogP contribution in [0.4, 0.5) is 10.3 Å². The summed E-state index contributed by atoms with van der Waals surface area (Å²) in [7, 11) is 0. The molecule has 0 radical (unpaired) electrons. The van der Waals surface area contributed by atoms with Gasteiger partial charge >= 0.3 is 0 Å². The summed E-state index contributed by atoms with van der Waals surface area (Å²) in [5.74, 6) is 2.30. The van der Waals surface area contributed by atoms with Gasteiger partial charge < -0.3 is 10.3 Å². The Bertz CT molecular complexity index is 624. The van der Waals surface area contributed by atoms with Crippen molar-refractivity contribution in [2.24, 2.45) is 0 Å². The van der Waals surface area contributed by atoms with Gasteiger partial charge in [0.2, 0.25) is 5.95 Å². The molecule has 2 aromatic rings. The van der Waals surface area contributed by atoms with E-state index in [4.69, 9.17) is 17.3 Å². The van der Waals surface area contributed by atoms with Crippen molar-refractivity contribution < 1.29 is 4.39 Å². The molecule has 1 aliphatic heterocycles. The van der Waals surface area contributed by atoms with Crippen molar-refractivity contribution in [3.63, 3.8) is 0 Å². The summed E-state index contributed by atoms with van der Waals surface area (Å²) in [4.78, 5) is 6.61. The Morgan fingerprint density at radius 2 is 2.05 bits per heavy atom. The predicted octanol–water partition coefficient (Wildman–Crippen LogP) is 2.46. The van der Waals surface area contributed by atoms with Crippen LogP contribution in [0.25, 0.3) is 11.0 Å². The van der Waals surface area contributed by atoms with Crippen molar-refractivity contribution in [3.8, 4) is 0 Å². The first-order valence-electron chi connectivity index (χ1n) is 6.56. The van der Waals surface area contributed by atoms with E-state index in [1.165, 1.54) is 17.6 Å². The van der Waals surface area contributed by atoms with Crippen LogP contribution in [0, 0.1) is 5.82 Å². The first kappa shape index (κ1) is 14.0. The molecule has 1 aromatic carbocycles. The lowest BCUT2D eigenvalue weighted by molar-refractivity contribution is 0.291. The van der Waals surface area contributed by atoms with E-state index in [1.54, 1.807) is 6.07 Å². The van der Waals surface area contributed by atoms with Crippen molar-refractivity contribution in [1.82, 2.24) is 14.5 Å². The van der Waals surface area contributed by atoms with Gasteiger partial charge in [0.15, 0.2) is 0 Å². The molecule has 0 unspecified atom stereocenters. The summed E-state index contributed by atoms with van der Waals surface area (Å²) >= 11 is 7.83. The minimum absolute atomic E-state index is 0.105. The fraction of sp³-hybridized carbons (Fsp3) is 0.462. The number of fused-ring (bicyclic) bond motifs is 1. The molecule has 0 aliphatic carbocycles. The molecule has 4 nitrogen and oxygen atoms in total. The first-order valence-corrected chi connectivity index (χ1v) is 8.09. The highest BCUT2D eigenvalue weighted by atomic mass is 35.5. The van der Waals surface area contributed by atoms with Crippen LogP contribution >= 0.6 is 23.4 Å². The molecule has 1 aromatic heterocycles. The summed E-state index contributed by atoms with van der Waals surface area (Å²) in [5.41, 5.74) is 7.28. The maximum absolute atomic E-state index is 13.4. The number of imidazole rings is 1. The largest absolute Gasteiger partial charge is 0.369 e. The SMILES string of the molecule is Nc1nc2cc(F)c(Cl)cc2n1CCN1CCSCC1. The van der Waals surface area contributed by atoms with Gasteiger partial charge in [0.05, 0.1) is 16.1 Å². The van der Waals surface area contributed by atoms with Gasteiger partial charge in [0.1, 0.15) is 5.82 Å². The molecular formula is C13H16ClFN4S. The van der Waals surface area contributed by atoms with Crippen LogP contribution in [-0.4, -0.2) is 45.6 Å². The topological polar surface area (TPSA) is 47.1 Å². The Morgan fingerprint density at radius 3 is 2.80 bits per heavy atom. The number of anilines is 1. The van der Waals surface area contributed by atoms with E-state index in [1.807, 2.05) is 16.3 Å². The number of hydrogen-bond donors (Lipinski definition) is 1. The number of halogens is 2. The van der Waals surface area contributed by atoms with Crippen LogP contribution in [-0.2, 0) is 6.54 Å². The number of nitrogens with two attached hydrogens (primary N) is 1. The van der Waals surface area contributed by atoms with Gasteiger partial charge in [-0.05, 0) is 6.07 Å². The van der Waals surface area contributed by atoms with Gasteiger partial charge in [-0.3, -0.25) is 4.90 Å². The third-order valence-corrected chi connectivity index (χ3v) is 4.80. The number of rotatable bonds is 3. The summed E-state index contributed by atoms with van der Waals surface area (Å²) in [5, 5.41) is 0.105.